The standard InChI is InChI=1S/C25H28ClFN6O/c1-16-12-17(7-9-28-16)24-20-15-33(11-8-23(20)30-31-24)25(34)29-18-4-3-10-32(13-18)14-19-21(26)5-2-6-22(19)27/h2,5-7,9,12,18H,3-4,8,10-11,13-15H2,1H3,(H,29,34)(H,30,31). The summed E-state index contributed by atoms with van der Waals surface area (Å²) in [6.45, 7) is 5.06. The fraction of sp³-hybridized carbons (Fsp3) is 0.400. The molecule has 2 aliphatic rings. The summed E-state index contributed by atoms with van der Waals surface area (Å²) in [5.41, 5.74) is 5.47. The highest BCUT2D eigenvalue weighted by atomic mass is 35.5. The van der Waals surface area contributed by atoms with Gasteiger partial charge in [0.15, 0.2) is 0 Å². The Kier molecular flexibility index (Phi) is 6.52. The number of piperidine rings is 1. The SMILES string of the molecule is Cc1cc(-c2n[nH]c3c2CN(C(=O)NC2CCCN(Cc4c(F)cccc4Cl)C2)CC3)ccn1. The molecule has 1 aromatic carbocycles. The quantitative estimate of drug-likeness (QED) is 0.581. The van der Waals surface area contributed by atoms with Crippen molar-refractivity contribution < 1.29 is 9.18 Å². The number of carbonyl (C=O) groups is 1. The van der Waals surface area contributed by atoms with E-state index in [9.17, 15) is 9.18 Å². The number of amides is 2. The van der Waals surface area contributed by atoms with Gasteiger partial charge in [-0.15, -0.1) is 0 Å². The summed E-state index contributed by atoms with van der Waals surface area (Å²) in [4.78, 5) is 21.4. The van der Waals surface area contributed by atoms with Crippen LogP contribution in [0, 0.1) is 12.7 Å². The van der Waals surface area contributed by atoms with Gasteiger partial charge in [0.2, 0.25) is 0 Å². The molecular formula is C25H28ClFN6O. The molecule has 7 nitrogen and oxygen atoms in total. The van der Waals surface area contributed by atoms with Crippen molar-refractivity contribution in [2.24, 2.45) is 0 Å². The minimum Gasteiger partial charge on any atom is -0.334 e. The Labute approximate surface area is 203 Å². The number of pyridine rings is 1. The minimum atomic E-state index is -0.289. The van der Waals surface area contributed by atoms with Crippen molar-refractivity contribution in [2.75, 3.05) is 19.6 Å². The maximum Gasteiger partial charge on any atom is 0.317 e. The lowest BCUT2D eigenvalue weighted by Gasteiger charge is -2.35. The zero-order chi connectivity index (χ0) is 23.7. The second kappa shape index (κ2) is 9.72. The lowest BCUT2D eigenvalue weighted by Crippen LogP contribution is -2.52. The summed E-state index contributed by atoms with van der Waals surface area (Å²) in [5, 5.41) is 11.3. The smallest absolute Gasteiger partial charge is 0.317 e. The van der Waals surface area contributed by atoms with Crippen LogP contribution in [-0.4, -0.2) is 56.7 Å². The van der Waals surface area contributed by atoms with Gasteiger partial charge in [-0.3, -0.25) is 15.0 Å². The fourth-order valence-corrected chi connectivity index (χ4v) is 5.11. The number of urea groups is 1. The molecule has 34 heavy (non-hydrogen) atoms. The number of aromatic nitrogens is 3. The highest BCUT2D eigenvalue weighted by Gasteiger charge is 2.29. The molecule has 9 heteroatoms. The van der Waals surface area contributed by atoms with Crippen molar-refractivity contribution in [3.63, 3.8) is 0 Å². The van der Waals surface area contributed by atoms with Gasteiger partial charge in [-0.1, -0.05) is 17.7 Å². The Morgan fingerprint density at radius 2 is 2.21 bits per heavy atom. The van der Waals surface area contributed by atoms with E-state index in [1.165, 1.54) is 6.07 Å². The van der Waals surface area contributed by atoms with Crippen LogP contribution < -0.4 is 5.32 Å². The Morgan fingerprint density at radius 1 is 1.32 bits per heavy atom. The number of rotatable bonds is 4. The third-order valence-electron chi connectivity index (χ3n) is 6.67. The van der Waals surface area contributed by atoms with E-state index in [2.05, 4.69) is 25.4 Å². The van der Waals surface area contributed by atoms with Crippen LogP contribution >= 0.6 is 11.6 Å². The summed E-state index contributed by atoms with van der Waals surface area (Å²) in [6.07, 6.45) is 4.36. The van der Waals surface area contributed by atoms with E-state index in [4.69, 9.17) is 11.6 Å². The van der Waals surface area contributed by atoms with Crippen molar-refractivity contribution >= 4 is 17.6 Å². The zero-order valence-electron chi connectivity index (χ0n) is 19.2. The first-order chi connectivity index (χ1) is 16.5. The summed E-state index contributed by atoms with van der Waals surface area (Å²) < 4.78 is 14.2. The number of aryl methyl sites for hydroxylation is 1. The molecule has 1 fully saturated rings. The molecule has 0 aliphatic carbocycles. The van der Waals surface area contributed by atoms with Gasteiger partial charge in [0, 0.05) is 71.4 Å². The first kappa shape index (κ1) is 22.8. The van der Waals surface area contributed by atoms with Crippen LogP contribution in [0.3, 0.4) is 0 Å². The van der Waals surface area contributed by atoms with Crippen LogP contribution in [0.15, 0.2) is 36.5 Å². The monoisotopic (exact) mass is 482 g/mol. The molecule has 1 unspecified atom stereocenters. The zero-order valence-corrected chi connectivity index (χ0v) is 19.9. The van der Waals surface area contributed by atoms with E-state index >= 15 is 0 Å². The third-order valence-corrected chi connectivity index (χ3v) is 7.02. The lowest BCUT2D eigenvalue weighted by molar-refractivity contribution is 0.159. The molecule has 0 saturated carbocycles. The number of aromatic amines is 1. The van der Waals surface area contributed by atoms with E-state index in [0.717, 1.165) is 54.0 Å². The van der Waals surface area contributed by atoms with Crippen LogP contribution in [-0.2, 0) is 19.5 Å². The molecule has 2 aromatic heterocycles. The van der Waals surface area contributed by atoms with Gasteiger partial charge in [0.05, 0.1) is 12.2 Å². The average Bonchev–Trinajstić information content (AvgIpc) is 3.25. The molecule has 2 aliphatic heterocycles. The number of halogens is 2. The Balaban J connectivity index is 1.23. The van der Waals surface area contributed by atoms with Gasteiger partial charge < -0.3 is 10.2 Å². The van der Waals surface area contributed by atoms with Crippen LogP contribution in [0.4, 0.5) is 9.18 Å². The Hall–Kier alpha value is -2.97. The number of benzene rings is 1. The van der Waals surface area contributed by atoms with Crippen molar-refractivity contribution in [1.82, 2.24) is 30.3 Å². The molecule has 4 heterocycles. The summed E-state index contributed by atoms with van der Waals surface area (Å²) >= 11 is 6.21. The van der Waals surface area contributed by atoms with Gasteiger partial charge in [-0.2, -0.15) is 5.10 Å². The van der Waals surface area contributed by atoms with Crippen molar-refractivity contribution in [3.05, 3.63) is 69.9 Å². The molecule has 0 spiro atoms. The normalized spacial score (nSPS) is 18.6. The molecule has 2 N–H and O–H groups in total. The number of hydrogen-bond donors (Lipinski definition) is 2. The predicted molar refractivity (Wildman–Crippen MR) is 129 cm³/mol. The van der Waals surface area contributed by atoms with Gasteiger partial charge in [0.25, 0.3) is 0 Å². The van der Waals surface area contributed by atoms with Gasteiger partial charge in [-0.05, 0) is 50.6 Å². The van der Waals surface area contributed by atoms with Crippen molar-refractivity contribution in [2.45, 2.75) is 45.3 Å². The number of likely N-dealkylation sites (tertiary alicyclic amines) is 1. The third kappa shape index (κ3) is 4.79. The molecule has 0 radical (unpaired) electrons. The van der Waals surface area contributed by atoms with Gasteiger partial charge in [-0.25, -0.2) is 9.18 Å². The van der Waals surface area contributed by atoms with E-state index in [1.807, 2.05) is 24.0 Å². The number of nitrogens with zero attached hydrogens (tertiary/aromatic N) is 4. The highest BCUT2D eigenvalue weighted by Crippen LogP contribution is 2.29. The Morgan fingerprint density at radius 3 is 3.03 bits per heavy atom. The van der Waals surface area contributed by atoms with Gasteiger partial charge in [0.1, 0.15) is 5.82 Å². The number of fused-ring (bicyclic) bond motifs is 1. The summed E-state index contributed by atoms with van der Waals surface area (Å²) in [5.74, 6) is -0.289. The largest absolute Gasteiger partial charge is 0.334 e. The van der Waals surface area contributed by atoms with E-state index in [-0.39, 0.29) is 17.9 Å². The Bertz CT molecular complexity index is 1180. The summed E-state index contributed by atoms with van der Waals surface area (Å²) in [6, 6.07) is 8.66. The molecule has 5 rings (SSSR count). The molecule has 2 amide bonds. The first-order valence-electron chi connectivity index (χ1n) is 11.7. The predicted octanol–water partition coefficient (Wildman–Crippen LogP) is 4.30. The fourth-order valence-electron chi connectivity index (χ4n) is 4.89. The molecule has 1 saturated heterocycles. The van der Waals surface area contributed by atoms with Crippen molar-refractivity contribution in [3.8, 4) is 11.3 Å². The maximum absolute atomic E-state index is 14.2. The lowest BCUT2D eigenvalue weighted by atomic mass is 10.0. The van der Waals surface area contributed by atoms with Gasteiger partial charge >= 0.3 is 6.03 Å². The molecule has 1 atom stereocenters. The summed E-state index contributed by atoms with van der Waals surface area (Å²) in [7, 11) is 0. The van der Waals surface area contributed by atoms with E-state index in [1.54, 1.807) is 18.3 Å². The number of H-pyrrole nitrogens is 1. The second-order valence-electron chi connectivity index (χ2n) is 9.11. The van der Waals surface area contributed by atoms with Crippen LogP contribution in [0.1, 0.15) is 35.4 Å². The van der Waals surface area contributed by atoms with E-state index < -0.39 is 0 Å². The van der Waals surface area contributed by atoms with Crippen LogP contribution in [0.25, 0.3) is 11.3 Å². The highest BCUT2D eigenvalue weighted by molar-refractivity contribution is 6.31. The number of carbonyl (C=O) groups excluding carboxylic acids is 1. The second-order valence-corrected chi connectivity index (χ2v) is 9.52. The molecule has 178 valence electrons. The van der Waals surface area contributed by atoms with Crippen LogP contribution in [0.2, 0.25) is 5.02 Å². The topological polar surface area (TPSA) is 77.2 Å². The molecule has 3 aromatic rings. The number of hydrogen-bond acceptors (Lipinski definition) is 4. The van der Waals surface area contributed by atoms with Crippen LogP contribution in [0.5, 0.6) is 0 Å². The minimum absolute atomic E-state index is 0.0138. The van der Waals surface area contributed by atoms with Crippen molar-refractivity contribution in [1.29, 1.82) is 0 Å². The average molecular weight is 483 g/mol. The first-order valence-corrected chi connectivity index (χ1v) is 12.1. The maximum atomic E-state index is 14.2. The van der Waals surface area contributed by atoms with E-state index in [0.29, 0.717) is 36.8 Å². The molecular weight excluding hydrogens is 455 g/mol. The molecule has 0 bridgehead atoms. The number of nitrogens with one attached hydrogen (secondary N) is 2.